The van der Waals surface area contributed by atoms with Gasteiger partial charge < -0.3 is 10.4 Å². The minimum absolute atomic E-state index is 0.198. The van der Waals surface area contributed by atoms with E-state index in [2.05, 4.69) is 21.2 Å². The standard InChI is InChI=1S/C14H16BrFN2O/c15-13-10(7-17)4-5-12(14(13)16)18-8-9-2-1-3-11(19)6-9/h4-5,9,11,18-19H,1-3,6,8H2. The van der Waals surface area contributed by atoms with Crippen LogP contribution in [0.1, 0.15) is 31.2 Å². The molecule has 1 aromatic carbocycles. The van der Waals surface area contributed by atoms with Crippen molar-refractivity contribution in [2.24, 2.45) is 5.92 Å². The molecule has 1 aliphatic carbocycles. The Kier molecular flexibility index (Phi) is 4.78. The maximum atomic E-state index is 14.0. The first kappa shape index (κ1) is 14.3. The Morgan fingerprint density at radius 2 is 2.26 bits per heavy atom. The zero-order valence-electron chi connectivity index (χ0n) is 10.5. The van der Waals surface area contributed by atoms with Gasteiger partial charge >= 0.3 is 0 Å². The molecule has 0 aliphatic heterocycles. The number of rotatable bonds is 3. The van der Waals surface area contributed by atoms with E-state index in [-0.39, 0.29) is 16.1 Å². The van der Waals surface area contributed by atoms with Crippen molar-refractivity contribution in [1.82, 2.24) is 0 Å². The van der Waals surface area contributed by atoms with Gasteiger partial charge in [-0.15, -0.1) is 0 Å². The summed E-state index contributed by atoms with van der Waals surface area (Å²) in [6.45, 7) is 0.645. The molecule has 2 atom stereocenters. The van der Waals surface area contributed by atoms with Gasteiger partial charge in [-0.1, -0.05) is 6.42 Å². The first-order valence-corrected chi connectivity index (χ1v) is 7.21. The lowest BCUT2D eigenvalue weighted by Gasteiger charge is -2.26. The molecule has 1 aromatic rings. The van der Waals surface area contributed by atoms with Crippen molar-refractivity contribution in [3.05, 3.63) is 28.0 Å². The Hall–Kier alpha value is -1.12. The average molecular weight is 327 g/mol. The van der Waals surface area contributed by atoms with Crippen molar-refractivity contribution >= 4 is 21.6 Å². The minimum Gasteiger partial charge on any atom is -0.393 e. The second kappa shape index (κ2) is 6.36. The molecule has 0 radical (unpaired) electrons. The average Bonchev–Trinajstić information content (AvgIpc) is 2.41. The van der Waals surface area contributed by atoms with Crippen LogP contribution in [0.25, 0.3) is 0 Å². The summed E-state index contributed by atoms with van der Waals surface area (Å²) < 4.78 is 14.2. The van der Waals surface area contributed by atoms with E-state index in [4.69, 9.17) is 5.26 Å². The van der Waals surface area contributed by atoms with Gasteiger partial charge in [-0.2, -0.15) is 5.26 Å². The van der Waals surface area contributed by atoms with Gasteiger partial charge in [-0.25, -0.2) is 4.39 Å². The Labute approximate surface area is 120 Å². The van der Waals surface area contributed by atoms with Gasteiger partial charge in [0.05, 0.1) is 21.8 Å². The van der Waals surface area contributed by atoms with Gasteiger partial charge in [0.1, 0.15) is 6.07 Å². The monoisotopic (exact) mass is 326 g/mol. The number of halogens is 2. The quantitative estimate of drug-likeness (QED) is 0.894. The smallest absolute Gasteiger partial charge is 0.161 e. The van der Waals surface area contributed by atoms with Crippen LogP contribution >= 0.6 is 15.9 Å². The number of nitrogens with zero attached hydrogens (tertiary/aromatic N) is 1. The second-order valence-corrected chi connectivity index (χ2v) is 5.76. The molecule has 1 saturated carbocycles. The van der Waals surface area contributed by atoms with Crippen LogP contribution in [0.15, 0.2) is 16.6 Å². The van der Waals surface area contributed by atoms with E-state index < -0.39 is 5.82 Å². The molecule has 5 heteroatoms. The van der Waals surface area contributed by atoms with E-state index in [1.807, 2.05) is 6.07 Å². The van der Waals surface area contributed by atoms with E-state index in [0.29, 0.717) is 18.2 Å². The molecule has 1 aliphatic rings. The highest BCUT2D eigenvalue weighted by Gasteiger charge is 2.20. The summed E-state index contributed by atoms with van der Waals surface area (Å²) in [5.74, 6) is -0.0621. The molecular weight excluding hydrogens is 311 g/mol. The maximum absolute atomic E-state index is 14.0. The van der Waals surface area contributed by atoms with Crippen LogP contribution in [0.2, 0.25) is 0 Å². The lowest BCUT2D eigenvalue weighted by atomic mass is 9.87. The van der Waals surface area contributed by atoms with Crippen molar-refractivity contribution in [3.63, 3.8) is 0 Å². The van der Waals surface area contributed by atoms with Crippen molar-refractivity contribution in [1.29, 1.82) is 5.26 Å². The second-order valence-electron chi connectivity index (χ2n) is 4.97. The van der Waals surface area contributed by atoms with Gasteiger partial charge in [0.25, 0.3) is 0 Å². The maximum Gasteiger partial charge on any atom is 0.161 e. The largest absolute Gasteiger partial charge is 0.393 e. The summed E-state index contributed by atoms with van der Waals surface area (Å²) in [6, 6.07) is 5.10. The summed E-state index contributed by atoms with van der Waals surface area (Å²) >= 11 is 3.09. The Balaban J connectivity index is 2.00. The molecule has 1 fully saturated rings. The van der Waals surface area contributed by atoms with Gasteiger partial charge in [0.15, 0.2) is 5.82 Å². The molecule has 0 saturated heterocycles. The van der Waals surface area contributed by atoms with Crippen LogP contribution in [-0.2, 0) is 0 Å². The summed E-state index contributed by atoms with van der Waals surface area (Å²) in [7, 11) is 0. The molecule has 0 heterocycles. The molecule has 0 aromatic heterocycles. The lowest BCUT2D eigenvalue weighted by molar-refractivity contribution is 0.104. The molecule has 2 rings (SSSR count). The van der Waals surface area contributed by atoms with Crippen LogP contribution in [0.4, 0.5) is 10.1 Å². The molecule has 0 bridgehead atoms. The van der Waals surface area contributed by atoms with Crippen molar-refractivity contribution in [2.75, 3.05) is 11.9 Å². The number of nitrogens with one attached hydrogen (secondary N) is 1. The SMILES string of the molecule is N#Cc1ccc(NCC2CCCC(O)C2)c(F)c1Br. The van der Waals surface area contributed by atoms with Gasteiger partial charge in [0.2, 0.25) is 0 Å². The molecule has 0 spiro atoms. The van der Waals surface area contributed by atoms with Crippen LogP contribution < -0.4 is 5.32 Å². The van der Waals surface area contributed by atoms with Crippen molar-refractivity contribution < 1.29 is 9.50 Å². The zero-order chi connectivity index (χ0) is 13.8. The highest BCUT2D eigenvalue weighted by molar-refractivity contribution is 9.10. The van der Waals surface area contributed by atoms with E-state index in [1.54, 1.807) is 12.1 Å². The highest BCUT2D eigenvalue weighted by atomic mass is 79.9. The third kappa shape index (κ3) is 3.46. The summed E-state index contributed by atoms with van der Waals surface area (Å²) in [5.41, 5.74) is 0.682. The molecule has 0 amide bonds. The first-order valence-electron chi connectivity index (χ1n) is 6.42. The first-order chi connectivity index (χ1) is 9.11. The van der Waals surface area contributed by atoms with E-state index in [1.165, 1.54) is 0 Å². The minimum atomic E-state index is -0.435. The van der Waals surface area contributed by atoms with E-state index >= 15 is 0 Å². The number of aliphatic hydroxyl groups is 1. The van der Waals surface area contributed by atoms with E-state index in [0.717, 1.165) is 25.7 Å². The molecule has 19 heavy (non-hydrogen) atoms. The fourth-order valence-corrected chi connectivity index (χ4v) is 2.91. The Morgan fingerprint density at radius 3 is 2.95 bits per heavy atom. The number of hydrogen-bond donors (Lipinski definition) is 2. The molecule has 3 nitrogen and oxygen atoms in total. The normalized spacial score (nSPS) is 22.8. The topological polar surface area (TPSA) is 56.0 Å². The number of aliphatic hydroxyl groups excluding tert-OH is 1. The van der Waals surface area contributed by atoms with Crippen molar-refractivity contribution in [2.45, 2.75) is 31.8 Å². The van der Waals surface area contributed by atoms with Crippen LogP contribution in [0.3, 0.4) is 0 Å². The predicted octanol–water partition coefficient (Wildman–Crippen LogP) is 3.42. The molecule has 2 unspecified atom stereocenters. The molecule has 102 valence electrons. The van der Waals surface area contributed by atoms with Crippen LogP contribution in [0, 0.1) is 23.1 Å². The van der Waals surface area contributed by atoms with Crippen LogP contribution in [0.5, 0.6) is 0 Å². The number of hydrogen-bond acceptors (Lipinski definition) is 3. The lowest BCUT2D eigenvalue weighted by Crippen LogP contribution is -2.25. The molecule has 2 N–H and O–H groups in total. The summed E-state index contributed by atoms with van der Waals surface area (Å²) in [5, 5.41) is 21.5. The number of nitriles is 1. The number of anilines is 1. The van der Waals surface area contributed by atoms with Gasteiger partial charge in [-0.05, 0) is 53.2 Å². The third-order valence-corrected chi connectivity index (χ3v) is 4.31. The van der Waals surface area contributed by atoms with E-state index in [9.17, 15) is 9.50 Å². The Bertz CT molecular complexity index is 501. The fraction of sp³-hybridized carbons (Fsp3) is 0.500. The van der Waals surface area contributed by atoms with Gasteiger partial charge in [0, 0.05) is 6.54 Å². The predicted molar refractivity (Wildman–Crippen MR) is 75.3 cm³/mol. The van der Waals surface area contributed by atoms with Gasteiger partial charge in [-0.3, -0.25) is 0 Å². The van der Waals surface area contributed by atoms with Crippen LogP contribution in [-0.4, -0.2) is 17.8 Å². The highest BCUT2D eigenvalue weighted by Crippen LogP contribution is 2.28. The zero-order valence-corrected chi connectivity index (χ0v) is 12.1. The fourth-order valence-electron chi connectivity index (χ4n) is 2.47. The Morgan fingerprint density at radius 1 is 1.47 bits per heavy atom. The summed E-state index contributed by atoms with van der Waals surface area (Å²) in [6.07, 6.45) is 3.49. The third-order valence-electron chi connectivity index (χ3n) is 3.54. The number of benzene rings is 1. The summed E-state index contributed by atoms with van der Waals surface area (Å²) in [4.78, 5) is 0. The molecular formula is C14H16BrFN2O. The van der Waals surface area contributed by atoms with Crippen molar-refractivity contribution in [3.8, 4) is 6.07 Å².